The number of ether oxygens (including phenoxy) is 1. The van der Waals surface area contributed by atoms with Gasteiger partial charge in [-0.05, 0) is 19.9 Å². The Morgan fingerprint density at radius 1 is 1.09 bits per heavy atom. The van der Waals surface area contributed by atoms with Gasteiger partial charge in [-0.1, -0.05) is 11.6 Å². The number of rotatable bonds is 7. The van der Waals surface area contributed by atoms with Crippen molar-refractivity contribution in [3.63, 3.8) is 0 Å². The molecule has 1 aromatic carbocycles. The summed E-state index contributed by atoms with van der Waals surface area (Å²) in [5, 5.41) is -0.392. The SMILES string of the molecule is CCN(CC)C(=O)CCC(=O)Oc1cc(-n2c(=O)cc(C(F)(F)F)n(C)c2=O)c(F)cc1Cl. The molecule has 2 aromatic rings. The van der Waals surface area contributed by atoms with Crippen LogP contribution in [0.2, 0.25) is 5.02 Å². The highest BCUT2D eigenvalue weighted by Gasteiger charge is 2.35. The number of amides is 1. The van der Waals surface area contributed by atoms with Gasteiger partial charge in [0.1, 0.15) is 11.5 Å². The Balaban J connectivity index is 2.40. The van der Waals surface area contributed by atoms with Gasteiger partial charge >= 0.3 is 17.8 Å². The van der Waals surface area contributed by atoms with Crippen molar-refractivity contribution in [2.24, 2.45) is 7.05 Å². The number of benzene rings is 1. The van der Waals surface area contributed by atoms with Crippen molar-refractivity contribution < 1.29 is 31.9 Å². The van der Waals surface area contributed by atoms with Crippen molar-refractivity contribution in [2.75, 3.05) is 13.1 Å². The molecule has 0 unspecified atom stereocenters. The van der Waals surface area contributed by atoms with Gasteiger partial charge in [0.25, 0.3) is 5.56 Å². The van der Waals surface area contributed by atoms with E-state index in [1.54, 1.807) is 13.8 Å². The number of esters is 1. The van der Waals surface area contributed by atoms with Gasteiger partial charge < -0.3 is 9.64 Å². The highest BCUT2D eigenvalue weighted by molar-refractivity contribution is 6.32. The smallest absolute Gasteiger partial charge is 0.425 e. The summed E-state index contributed by atoms with van der Waals surface area (Å²) in [6, 6.07) is 1.53. The number of halogens is 5. The Morgan fingerprint density at radius 3 is 2.24 bits per heavy atom. The number of carbonyl (C=O) groups excluding carboxylic acids is 2. The molecule has 0 aliphatic rings. The van der Waals surface area contributed by atoms with E-state index >= 15 is 0 Å². The minimum absolute atomic E-state index is 0.139. The third-order valence-electron chi connectivity index (χ3n) is 4.74. The minimum Gasteiger partial charge on any atom is -0.425 e. The maximum Gasteiger partial charge on any atom is 0.431 e. The van der Waals surface area contributed by atoms with Crippen molar-refractivity contribution in [3.05, 3.63) is 55.6 Å². The lowest BCUT2D eigenvalue weighted by molar-refractivity contribution is -0.144. The van der Waals surface area contributed by atoms with Crippen LogP contribution in [0.25, 0.3) is 5.69 Å². The molecule has 0 N–H and O–H groups in total. The molecule has 0 saturated carbocycles. The zero-order valence-electron chi connectivity index (χ0n) is 17.8. The summed E-state index contributed by atoms with van der Waals surface area (Å²) >= 11 is 5.88. The lowest BCUT2D eigenvalue weighted by Crippen LogP contribution is -2.41. The van der Waals surface area contributed by atoms with E-state index in [4.69, 9.17) is 16.3 Å². The zero-order valence-corrected chi connectivity index (χ0v) is 18.6. The summed E-state index contributed by atoms with van der Waals surface area (Å²) < 4.78 is 58.9. The van der Waals surface area contributed by atoms with Crippen LogP contribution in [0.1, 0.15) is 32.4 Å². The summed E-state index contributed by atoms with van der Waals surface area (Å²) in [6.07, 6.45) is -5.49. The molecule has 0 aliphatic heterocycles. The second-order valence-electron chi connectivity index (χ2n) is 6.82. The number of aromatic nitrogens is 2. The quantitative estimate of drug-likeness (QED) is 0.336. The summed E-state index contributed by atoms with van der Waals surface area (Å²) in [5.41, 5.74) is -5.21. The molecule has 0 spiro atoms. The fourth-order valence-electron chi connectivity index (χ4n) is 3.00. The Hall–Kier alpha value is -3.15. The fraction of sp³-hybridized carbons (Fsp3) is 0.400. The number of hydrogen-bond acceptors (Lipinski definition) is 5. The molecule has 33 heavy (non-hydrogen) atoms. The average molecular weight is 494 g/mol. The topological polar surface area (TPSA) is 90.6 Å². The lowest BCUT2D eigenvalue weighted by Gasteiger charge is -2.18. The van der Waals surface area contributed by atoms with E-state index in [2.05, 4.69) is 0 Å². The molecule has 8 nitrogen and oxygen atoms in total. The van der Waals surface area contributed by atoms with Crippen LogP contribution >= 0.6 is 11.6 Å². The van der Waals surface area contributed by atoms with Crippen molar-refractivity contribution in [1.82, 2.24) is 14.0 Å². The lowest BCUT2D eigenvalue weighted by atomic mass is 10.2. The molecule has 2 rings (SSSR count). The van der Waals surface area contributed by atoms with E-state index < -0.39 is 51.4 Å². The van der Waals surface area contributed by atoms with Crippen LogP contribution in [0.3, 0.4) is 0 Å². The molecule has 180 valence electrons. The first kappa shape index (κ1) is 26.1. The average Bonchev–Trinajstić information content (AvgIpc) is 2.72. The molecular weight excluding hydrogens is 474 g/mol. The van der Waals surface area contributed by atoms with Crippen LogP contribution in [0, 0.1) is 5.82 Å². The first-order valence-electron chi connectivity index (χ1n) is 9.69. The van der Waals surface area contributed by atoms with E-state index in [-0.39, 0.29) is 33.9 Å². The second kappa shape index (κ2) is 10.2. The highest BCUT2D eigenvalue weighted by atomic mass is 35.5. The van der Waals surface area contributed by atoms with Crippen LogP contribution in [-0.4, -0.2) is 39.0 Å². The Kier molecular flexibility index (Phi) is 8.06. The Bertz CT molecular complexity index is 1190. The van der Waals surface area contributed by atoms with Crippen LogP contribution in [0.5, 0.6) is 5.75 Å². The van der Waals surface area contributed by atoms with Crippen molar-refractivity contribution in [3.8, 4) is 11.4 Å². The molecule has 1 aromatic heterocycles. The monoisotopic (exact) mass is 493 g/mol. The number of nitrogens with zero attached hydrogens (tertiary/aromatic N) is 3. The molecule has 1 heterocycles. The van der Waals surface area contributed by atoms with Gasteiger partial charge in [-0.25, -0.2) is 13.8 Å². The molecule has 1 amide bonds. The number of carbonyl (C=O) groups is 2. The fourth-order valence-corrected chi connectivity index (χ4v) is 3.19. The van der Waals surface area contributed by atoms with Gasteiger partial charge in [0.15, 0.2) is 5.75 Å². The first-order chi connectivity index (χ1) is 15.3. The summed E-state index contributed by atoms with van der Waals surface area (Å²) in [6.45, 7) is 4.45. The molecule has 13 heteroatoms. The molecule has 0 bridgehead atoms. The molecule has 0 atom stereocenters. The van der Waals surface area contributed by atoms with E-state index in [0.29, 0.717) is 19.2 Å². The highest BCUT2D eigenvalue weighted by Crippen LogP contribution is 2.30. The zero-order chi connectivity index (χ0) is 25.1. The van der Waals surface area contributed by atoms with Gasteiger partial charge in [-0.3, -0.25) is 19.0 Å². The third kappa shape index (κ3) is 5.81. The van der Waals surface area contributed by atoms with E-state index in [9.17, 15) is 36.7 Å². The molecule has 0 saturated heterocycles. The van der Waals surface area contributed by atoms with Crippen molar-refractivity contribution in [1.29, 1.82) is 0 Å². The predicted molar refractivity (Wildman–Crippen MR) is 110 cm³/mol. The second-order valence-corrected chi connectivity index (χ2v) is 7.22. The molecule has 0 aliphatic carbocycles. The number of alkyl halides is 3. The molecule has 0 radical (unpaired) electrons. The van der Waals surface area contributed by atoms with E-state index in [1.807, 2.05) is 0 Å². The van der Waals surface area contributed by atoms with Gasteiger partial charge in [0.05, 0.1) is 17.1 Å². The maximum atomic E-state index is 14.5. The largest absolute Gasteiger partial charge is 0.431 e. The van der Waals surface area contributed by atoms with Crippen LogP contribution in [-0.2, 0) is 22.8 Å². The standard InChI is InChI=1S/C20H20ClF4N3O5/c1-4-27(5-2)16(29)6-7-18(31)33-14-9-13(12(22)8-11(14)21)28-17(30)10-15(20(23,24)25)26(3)19(28)32/h8-10H,4-7H2,1-3H3. The van der Waals surface area contributed by atoms with Crippen LogP contribution in [0.4, 0.5) is 17.6 Å². The summed E-state index contributed by atoms with van der Waals surface area (Å²) in [7, 11) is 0.767. The van der Waals surface area contributed by atoms with Crippen LogP contribution < -0.4 is 16.0 Å². The van der Waals surface area contributed by atoms with E-state index in [1.165, 1.54) is 4.90 Å². The van der Waals surface area contributed by atoms with Gasteiger partial charge in [0, 0.05) is 38.7 Å². The maximum absolute atomic E-state index is 14.5. The predicted octanol–water partition coefficient (Wildman–Crippen LogP) is 2.90. The van der Waals surface area contributed by atoms with Crippen molar-refractivity contribution in [2.45, 2.75) is 32.9 Å². The van der Waals surface area contributed by atoms with Crippen molar-refractivity contribution >= 4 is 23.5 Å². The third-order valence-corrected chi connectivity index (χ3v) is 5.03. The Morgan fingerprint density at radius 2 is 1.70 bits per heavy atom. The van der Waals surface area contributed by atoms with Gasteiger partial charge in [0.2, 0.25) is 5.91 Å². The molecule has 0 fully saturated rings. The summed E-state index contributed by atoms with van der Waals surface area (Å²) in [4.78, 5) is 50.3. The van der Waals surface area contributed by atoms with Gasteiger partial charge in [-0.15, -0.1) is 0 Å². The minimum atomic E-state index is -4.99. The Labute approximate surface area is 189 Å². The van der Waals surface area contributed by atoms with Crippen LogP contribution in [0.15, 0.2) is 27.8 Å². The normalized spacial score (nSPS) is 11.4. The first-order valence-corrected chi connectivity index (χ1v) is 10.1. The molecular formula is C20H20ClF4N3O5. The number of hydrogen-bond donors (Lipinski definition) is 0. The van der Waals surface area contributed by atoms with Gasteiger partial charge in [-0.2, -0.15) is 13.2 Å². The summed E-state index contributed by atoms with van der Waals surface area (Å²) in [5.74, 6) is -2.84. The van der Waals surface area contributed by atoms with E-state index in [0.717, 1.165) is 13.1 Å².